The maximum atomic E-state index is 12.2. The molecule has 3 rings (SSSR count). The largest absolute Gasteiger partial charge is 0.497 e. The van der Waals surface area contributed by atoms with E-state index in [9.17, 15) is 4.79 Å². The van der Waals surface area contributed by atoms with Crippen molar-refractivity contribution in [1.82, 2.24) is 10.2 Å². The van der Waals surface area contributed by atoms with E-state index >= 15 is 0 Å². The number of hydrogen-bond acceptors (Lipinski definition) is 4. The number of nitrogens with zero attached hydrogens (tertiary/aromatic N) is 2. The van der Waals surface area contributed by atoms with Crippen molar-refractivity contribution >= 4 is 11.7 Å². The fourth-order valence-electron chi connectivity index (χ4n) is 2.66. The van der Waals surface area contributed by atoms with Gasteiger partial charge in [0.05, 0.1) is 19.9 Å². The molecule has 6 heteroatoms. The van der Waals surface area contributed by atoms with Crippen molar-refractivity contribution in [1.29, 1.82) is 0 Å². The lowest BCUT2D eigenvalue weighted by Crippen LogP contribution is -2.51. The molecular formula is C17H21N3O3. The highest BCUT2D eigenvalue weighted by Crippen LogP contribution is 2.22. The summed E-state index contributed by atoms with van der Waals surface area (Å²) in [5, 5.41) is 2.88. The summed E-state index contributed by atoms with van der Waals surface area (Å²) >= 11 is 0. The Morgan fingerprint density at radius 3 is 2.74 bits per heavy atom. The minimum Gasteiger partial charge on any atom is -0.497 e. The van der Waals surface area contributed by atoms with Crippen LogP contribution in [0.5, 0.6) is 5.75 Å². The van der Waals surface area contributed by atoms with Gasteiger partial charge in [0, 0.05) is 37.9 Å². The predicted molar refractivity (Wildman–Crippen MR) is 87.7 cm³/mol. The number of amides is 2. The van der Waals surface area contributed by atoms with E-state index < -0.39 is 0 Å². The third-order valence-corrected chi connectivity index (χ3v) is 3.98. The van der Waals surface area contributed by atoms with Gasteiger partial charge in [0.25, 0.3) is 0 Å². The SMILES string of the molecule is COc1cccc(N2CCN(C(=O)NCc3ccco3)CC2)c1. The van der Waals surface area contributed by atoms with Gasteiger partial charge in [0.1, 0.15) is 11.5 Å². The van der Waals surface area contributed by atoms with Crippen molar-refractivity contribution in [3.8, 4) is 5.75 Å². The highest BCUT2D eigenvalue weighted by molar-refractivity contribution is 5.74. The van der Waals surface area contributed by atoms with E-state index in [0.29, 0.717) is 19.6 Å². The number of methoxy groups -OCH3 is 1. The van der Waals surface area contributed by atoms with E-state index in [1.54, 1.807) is 13.4 Å². The number of furan rings is 1. The topological polar surface area (TPSA) is 58.0 Å². The van der Waals surface area contributed by atoms with E-state index in [1.807, 2.05) is 35.2 Å². The van der Waals surface area contributed by atoms with Gasteiger partial charge < -0.3 is 24.3 Å². The van der Waals surface area contributed by atoms with Gasteiger partial charge in [-0.2, -0.15) is 0 Å². The van der Waals surface area contributed by atoms with Crippen LogP contribution < -0.4 is 15.0 Å². The molecule has 0 aliphatic carbocycles. The molecule has 2 amide bonds. The molecule has 0 atom stereocenters. The van der Waals surface area contributed by atoms with Crippen LogP contribution in [0.25, 0.3) is 0 Å². The summed E-state index contributed by atoms with van der Waals surface area (Å²) in [5.41, 5.74) is 1.12. The maximum absolute atomic E-state index is 12.2. The lowest BCUT2D eigenvalue weighted by atomic mass is 10.2. The standard InChI is InChI=1S/C17H21N3O3/c1-22-15-5-2-4-14(12-15)19-7-9-20(10-8-19)17(21)18-13-16-6-3-11-23-16/h2-6,11-12H,7-10,13H2,1H3,(H,18,21). The molecule has 2 aromatic rings. The summed E-state index contributed by atoms with van der Waals surface area (Å²) in [6.07, 6.45) is 1.61. The Kier molecular flexibility index (Phi) is 4.71. The molecule has 1 aromatic carbocycles. The maximum Gasteiger partial charge on any atom is 0.317 e. The van der Waals surface area contributed by atoms with Crippen LogP contribution in [0, 0.1) is 0 Å². The minimum absolute atomic E-state index is 0.0494. The van der Waals surface area contributed by atoms with Gasteiger partial charge in [-0.3, -0.25) is 0 Å². The van der Waals surface area contributed by atoms with Crippen molar-refractivity contribution in [3.05, 3.63) is 48.4 Å². The first-order chi connectivity index (χ1) is 11.3. The fourth-order valence-corrected chi connectivity index (χ4v) is 2.66. The Morgan fingerprint density at radius 1 is 1.22 bits per heavy atom. The Bertz CT molecular complexity index is 634. The number of benzene rings is 1. The van der Waals surface area contributed by atoms with Crippen LogP contribution in [0.4, 0.5) is 10.5 Å². The molecule has 1 aliphatic heterocycles. The summed E-state index contributed by atoms with van der Waals surface area (Å²) in [5.74, 6) is 1.61. The molecule has 23 heavy (non-hydrogen) atoms. The molecule has 0 spiro atoms. The van der Waals surface area contributed by atoms with Crippen LogP contribution in [0.3, 0.4) is 0 Å². The number of rotatable bonds is 4. The number of ether oxygens (including phenoxy) is 1. The zero-order chi connectivity index (χ0) is 16.1. The first-order valence-electron chi connectivity index (χ1n) is 7.70. The number of urea groups is 1. The molecule has 1 saturated heterocycles. The molecule has 122 valence electrons. The van der Waals surface area contributed by atoms with Gasteiger partial charge in [-0.15, -0.1) is 0 Å². The molecular weight excluding hydrogens is 294 g/mol. The van der Waals surface area contributed by atoms with Crippen molar-refractivity contribution < 1.29 is 13.9 Å². The van der Waals surface area contributed by atoms with E-state index in [2.05, 4.69) is 16.3 Å². The van der Waals surface area contributed by atoms with Crippen molar-refractivity contribution in [2.24, 2.45) is 0 Å². The van der Waals surface area contributed by atoms with Crippen molar-refractivity contribution in [2.45, 2.75) is 6.54 Å². The Labute approximate surface area is 135 Å². The van der Waals surface area contributed by atoms with E-state index in [1.165, 1.54) is 0 Å². The molecule has 2 heterocycles. The monoisotopic (exact) mass is 315 g/mol. The first kappa shape index (κ1) is 15.3. The molecule has 0 radical (unpaired) electrons. The van der Waals surface area contributed by atoms with Gasteiger partial charge in [-0.25, -0.2) is 4.79 Å². The third kappa shape index (κ3) is 3.77. The highest BCUT2D eigenvalue weighted by atomic mass is 16.5. The first-order valence-corrected chi connectivity index (χ1v) is 7.70. The smallest absolute Gasteiger partial charge is 0.317 e. The average Bonchev–Trinajstić information content (AvgIpc) is 3.13. The average molecular weight is 315 g/mol. The molecule has 6 nitrogen and oxygen atoms in total. The number of carbonyl (C=O) groups is 1. The van der Waals surface area contributed by atoms with Crippen LogP contribution in [0.15, 0.2) is 47.1 Å². The predicted octanol–water partition coefficient (Wildman–Crippen LogP) is 2.32. The van der Waals surface area contributed by atoms with Crippen LogP contribution in [-0.2, 0) is 6.54 Å². The fraction of sp³-hybridized carbons (Fsp3) is 0.353. The highest BCUT2D eigenvalue weighted by Gasteiger charge is 2.21. The van der Waals surface area contributed by atoms with Crippen molar-refractivity contribution in [2.75, 3.05) is 38.2 Å². The number of anilines is 1. The normalized spacial score (nSPS) is 14.7. The molecule has 1 N–H and O–H groups in total. The summed E-state index contributed by atoms with van der Waals surface area (Å²) in [4.78, 5) is 16.3. The lowest BCUT2D eigenvalue weighted by molar-refractivity contribution is 0.193. The number of carbonyl (C=O) groups excluding carboxylic acids is 1. The second-order valence-electron chi connectivity index (χ2n) is 5.41. The molecule has 0 saturated carbocycles. The van der Waals surface area contributed by atoms with E-state index in [4.69, 9.17) is 9.15 Å². The van der Waals surface area contributed by atoms with Gasteiger partial charge in [-0.05, 0) is 24.3 Å². The summed E-state index contributed by atoms with van der Waals surface area (Å²) in [6.45, 7) is 3.42. The van der Waals surface area contributed by atoms with Gasteiger partial charge >= 0.3 is 6.03 Å². The number of hydrogen-bond donors (Lipinski definition) is 1. The van der Waals surface area contributed by atoms with Gasteiger partial charge in [-0.1, -0.05) is 6.07 Å². The zero-order valence-corrected chi connectivity index (χ0v) is 13.2. The molecule has 1 fully saturated rings. The summed E-state index contributed by atoms with van der Waals surface area (Å²) < 4.78 is 10.5. The van der Waals surface area contributed by atoms with Crippen LogP contribution in [0.1, 0.15) is 5.76 Å². The zero-order valence-electron chi connectivity index (χ0n) is 13.2. The number of nitrogens with one attached hydrogen (secondary N) is 1. The molecule has 1 aliphatic rings. The Balaban J connectivity index is 1.50. The Morgan fingerprint density at radius 2 is 2.04 bits per heavy atom. The van der Waals surface area contributed by atoms with Crippen LogP contribution in [-0.4, -0.2) is 44.2 Å². The Hall–Kier alpha value is -2.63. The molecule has 1 aromatic heterocycles. The second-order valence-corrected chi connectivity index (χ2v) is 5.41. The van der Waals surface area contributed by atoms with Gasteiger partial charge in [0.15, 0.2) is 0 Å². The summed E-state index contributed by atoms with van der Waals surface area (Å²) in [6, 6.07) is 11.6. The quantitative estimate of drug-likeness (QED) is 0.941. The second kappa shape index (κ2) is 7.09. The molecule has 0 bridgehead atoms. The van der Waals surface area contributed by atoms with Gasteiger partial charge in [0.2, 0.25) is 0 Å². The molecule has 0 unspecified atom stereocenters. The third-order valence-electron chi connectivity index (χ3n) is 3.98. The summed E-state index contributed by atoms with van der Waals surface area (Å²) in [7, 11) is 1.67. The van der Waals surface area contributed by atoms with E-state index in [0.717, 1.165) is 30.3 Å². The van der Waals surface area contributed by atoms with Crippen molar-refractivity contribution in [3.63, 3.8) is 0 Å². The number of piperazine rings is 1. The van der Waals surface area contributed by atoms with Crippen LogP contribution >= 0.6 is 0 Å². The minimum atomic E-state index is -0.0494. The van der Waals surface area contributed by atoms with Crippen LogP contribution in [0.2, 0.25) is 0 Å². The lowest BCUT2D eigenvalue weighted by Gasteiger charge is -2.36. The van der Waals surface area contributed by atoms with E-state index in [-0.39, 0.29) is 6.03 Å².